The van der Waals surface area contributed by atoms with Crippen LogP contribution in [-0.4, -0.2) is 62.8 Å². The van der Waals surface area contributed by atoms with E-state index in [-0.39, 0.29) is 5.91 Å². The molecule has 0 aromatic carbocycles. The minimum Gasteiger partial charge on any atom is -0.378 e. The number of carbonyl (C=O) groups excluding carboxylic acids is 1. The van der Waals surface area contributed by atoms with Crippen molar-refractivity contribution in [2.45, 2.75) is 44.2 Å². The Kier molecular flexibility index (Phi) is 6.07. The number of hydrogen-bond acceptors (Lipinski definition) is 4. The molecule has 1 amide bonds. The summed E-state index contributed by atoms with van der Waals surface area (Å²) in [6.07, 6.45) is 5.58. The van der Waals surface area contributed by atoms with Crippen molar-refractivity contribution in [3.05, 3.63) is 0 Å². The van der Waals surface area contributed by atoms with E-state index in [4.69, 9.17) is 4.74 Å². The standard InChI is InChI=1S/C14H27N3O2/c1-17(12-2-3-12)10-9-16-14(18)6-11-19-13-4-7-15-8-5-13/h12-13,15H,2-11H2,1H3,(H,16,18). The van der Waals surface area contributed by atoms with Crippen LogP contribution in [0.15, 0.2) is 0 Å². The molecule has 1 aliphatic heterocycles. The maximum Gasteiger partial charge on any atom is 0.222 e. The first kappa shape index (κ1) is 14.8. The summed E-state index contributed by atoms with van der Waals surface area (Å²) in [5, 5.41) is 6.26. The molecule has 0 bridgehead atoms. The Labute approximate surface area is 116 Å². The number of hydrogen-bond donors (Lipinski definition) is 2. The molecule has 1 aliphatic carbocycles. The minimum absolute atomic E-state index is 0.109. The highest BCUT2D eigenvalue weighted by molar-refractivity contribution is 5.75. The van der Waals surface area contributed by atoms with Gasteiger partial charge in [-0.3, -0.25) is 4.79 Å². The average molecular weight is 269 g/mol. The van der Waals surface area contributed by atoms with Crippen molar-refractivity contribution in [1.29, 1.82) is 0 Å². The summed E-state index contributed by atoms with van der Waals surface area (Å²) >= 11 is 0. The number of rotatable bonds is 8. The lowest BCUT2D eigenvalue weighted by Crippen LogP contribution is -2.35. The van der Waals surface area contributed by atoms with E-state index >= 15 is 0 Å². The van der Waals surface area contributed by atoms with Gasteiger partial charge in [0.1, 0.15) is 0 Å². The summed E-state index contributed by atoms with van der Waals surface area (Å²) in [7, 11) is 2.13. The predicted octanol–water partition coefficient (Wildman–Crippen LogP) is 0.356. The van der Waals surface area contributed by atoms with E-state index in [2.05, 4.69) is 22.6 Å². The van der Waals surface area contributed by atoms with Gasteiger partial charge in [-0.15, -0.1) is 0 Å². The third-order valence-corrected chi connectivity index (χ3v) is 3.93. The third-order valence-electron chi connectivity index (χ3n) is 3.93. The maximum atomic E-state index is 11.6. The van der Waals surface area contributed by atoms with Gasteiger partial charge in [-0.05, 0) is 45.8 Å². The van der Waals surface area contributed by atoms with E-state index in [1.54, 1.807) is 0 Å². The Hall–Kier alpha value is -0.650. The van der Waals surface area contributed by atoms with E-state index in [9.17, 15) is 4.79 Å². The fraction of sp³-hybridized carbons (Fsp3) is 0.929. The Morgan fingerprint density at radius 3 is 2.74 bits per heavy atom. The topological polar surface area (TPSA) is 53.6 Å². The van der Waals surface area contributed by atoms with Crippen molar-refractivity contribution in [3.63, 3.8) is 0 Å². The highest BCUT2D eigenvalue weighted by Gasteiger charge is 2.25. The molecular formula is C14H27N3O2. The molecule has 2 aliphatic rings. The van der Waals surface area contributed by atoms with Crippen LogP contribution in [0, 0.1) is 0 Å². The number of carbonyl (C=O) groups is 1. The number of amides is 1. The van der Waals surface area contributed by atoms with E-state index in [0.29, 0.717) is 19.1 Å². The van der Waals surface area contributed by atoms with Crippen molar-refractivity contribution in [2.75, 3.05) is 39.8 Å². The molecule has 5 nitrogen and oxygen atoms in total. The van der Waals surface area contributed by atoms with Crippen LogP contribution in [-0.2, 0) is 9.53 Å². The van der Waals surface area contributed by atoms with E-state index in [0.717, 1.165) is 45.1 Å². The molecule has 0 aromatic heterocycles. The highest BCUT2D eigenvalue weighted by Crippen LogP contribution is 2.24. The van der Waals surface area contributed by atoms with Crippen molar-refractivity contribution < 1.29 is 9.53 Å². The smallest absolute Gasteiger partial charge is 0.222 e. The highest BCUT2D eigenvalue weighted by atomic mass is 16.5. The summed E-state index contributed by atoms with van der Waals surface area (Å²) in [4.78, 5) is 14.0. The lowest BCUT2D eigenvalue weighted by molar-refractivity contribution is -0.122. The Bertz CT molecular complexity index is 276. The van der Waals surface area contributed by atoms with E-state index < -0.39 is 0 Å². The zero-order chi connectivity index (χ0) is 13.5. The van der Waals surface area contributed by atoms with Crippen LogP contribution in [0.2, 0.25) is 0 Å². The predicted molar refractivity (Wildman–Crippen MR) is 75.1 cm³/mol. The van der Waals surface area contributed by atoms with Gasteiger partial charge in [-0.25, -0.2) is 0 Å². The number of nitrogens with one attached hydrogen (secondary N) is 2. The Balaban J connectivity index is 1.44. The molecule has 5 heteroatoms. The summed E-state index contributed by atoms with van der Waals surface area (Å²) in [6.45, 7) is 4.31. The van der Waals surface area contributed by atoms with E-state index in [1.807, 2.05) is 0 Å². The van der Waals surface area contributed by atoms with Gasteiger partial charge in [-0.2, -0.15) is 0 Å². The van der Waals surface area contributed by atoms with E-state index in [1.165, 1.54) is 12.8 Å². The first-order chi connectivity index (χ1) is 9.25. The molecule has 1 heterocycles. The van der Waals surface area contributed by atoms with Gasteiger partial charge in [0, 0.05) is 25.6 Å². The number of ether oxygens (including phenoxy) is 1. The number of nitrogens with zero attached hydrogens (tertiary/aromatic N) is 1. The van der Waals surface area contributed by atoms with Gasteiger partial charge in [0.25, 0.3) is 0 Å². The van der Waals surface area contributed by atoms with Gasteiger partial charge >= 0.3 is 0 Å². The van der Waals surface area contributed by atoms with Crippen molar-refractivity contribution in [3.8, 4) is 0 Å². The second-order valence-electron chi connectivity index (χ2n) is 5.63. The molecule has 0 spiro atoms. The Morgan fingerprint density at radius 2 is 2.05 bits per heavy atom. The lowest BCUT2D eigenvalue weighted by atomic mass is 10.1. The molecule has 0 radical (unpaired) electrons. The molecule has 2 N–H and O–H groups in total. The van der Waals surface area contributed by atoms with Gasteiger partial charge < -0.3 is 20.3 Å². The SMILES string of the molecule is CN(CCNC(=O)CCOC1CCNCC1)C1CC1. The van der Waals surface area contributed by atoms with Gasteiger partial charge in [0.15, 0.2) is 0 Å². The Morgan fingerprint density at radius 1 is 1.32 bits per heavy atom. The molecule has 0 unspecified atom stereocenters. The van der Waals surface area contributed by atoms with Crippen LogP contribution >= 0.6 is 0 Å². The summed E-state index contributed by atoms with van der Waals surface area (Å²) < 4.78 is 5.72. The van der Waals surface area contributed by atoms with Gasteiger partial charge in [-0.1, -0.05) is 0 Å². The maximum absolute atomic E-state index is 11.6. The lowest BCUT2D eigenvalue weighted by Gasteiger charge is -2.22. The zero-order valence-electron chi connectivity index (χ0n) is 12.0. The second-order valence-corrected chi connectivity index (χ2v) is 5.63. The molecule has 19 heavy (non-hydrogen) atoms. The van der Waals surface area contributed by atoms with Gasteiger partial charge in [0.05, 0.1) is 12.7 Å². The molecule has 0 aromatic rings. The zero-order valence-corrected chi connectivity index (χ0v) is 12.0. The van der Waals surface area contributed by atoms with Crippen molar-refractivity contribution in [2.24, 2.45) is 0 Å². The van der Waals surface area contributed by atoms with Crippen LogP contribution in [0.1, 0.15) is 32.1 Å². The number of piperidine rings is 1. The minimum atomic E-state index is 0.109. The summed E-state index contributed by atoms with van der Waals surface area (Å²) in [5.74, 6) is 0.109. The fourth-order valence-electron chi connectivity index (χ4n) is 2.44. The molecule has 1 saturated carbocycles. The van der Waals surface area contributed by atoms with Gasteiger partial charge in [0.2, 0.25) is 5.91 Å². The van der Waals surface area contributed by atoms with Crippen molar-refractivity contribution >= 4 is 5.91 Å². The summed E-state index contributed by atoms with van der Waals surface area (Å²) in [6, 6.07) is 0.764. The number of likely N-dealkylation sites (N-methyl/N-ethyl adjacent to an activating group) is 1. The monoisotopic (exact) mass is 269 g/mol. The molecule has 1 saturated heterocycles. The fourth-order valence-corrected chi connectivity index (χ4v) is 2.44. The summed E-state index contributed by atoms with van der Waals surface area (Å²) in [5.41, 5.74) is 0. The molecule has 2 rings (SSSR count). The third kappa shape index (κ3) is 5.89. The largest absolute Gasteiger partial charge is 0.378 e. The van der Waals surface area contributed by atoms with Crippen LogP contribution < -0.4 is 10.6 Å². The van der Waals surface area contributed by atoms with Crippen LogP contribution in [0.3, 0.4) is 0 Å². The first-order valence-electron chi connectivity index (χ1n) is 7.55. The molecule has 0 atom stereocenters. The molecular weight excluding hydrogens is 242 g/mol. The average Bonchev–Trinajstić information content (AvgIpc) is 3.24. The van der Waals surface area contributed by atoms with Crippen LogP contribution in [0.4, 0.5) is 0 Å². The van der Waals surface area contributed by atoms with Crippen LogP contribution in [0.5, 0.6) is 0 Å². The van der Waals surface area contributed by atoms with Crippen LogP contribution in [0.25, 0.3) is 0 Å². The van der Waals surface area contributed by atoms with Crippen molar-refractivity contribution in [1.82, 2.24) is 15.5 Å². The molecule has 110 valence electrons. The second kappa shape index (κ2) is 7.82. The quantitative estimate of drug-likeness (QED) is 0.668. The normalized spacial score (nSPS) is 20.7. The first-order valence-corrected chi connectivity index (χ1v) is 7.55. The molecule has 2 fully saturated rings.